The van der Waals surface area contributed by atoms with Crippen molar-refractivity contribution in [1.29, 1.82) is 0 Å². The van der Waals surface area contributed by atoms with Crippen LogP contribution in [0.25, 0.3) is 0 Å². The van der Waals surface area contributed by atoms with E-state index >= 15 is 0 Å². The van der Waals surface area contributed by atoms with Crippen LogP contribution in [0.15, 0.2) is 30.3 Å². The van der Waals surface area contributed by atoms with Crippen LogP contribution in [0.4, 0.5) is 0 Å². The second-order valence-corrected chi connectivity index (χ2v) is 5.09. The van der Waals surface area contributed by atoms with Crippen molar-refractivity contribution in [3.63, 3.8) is 0 Å². The van der Waals surface area contributed by atoms with Gasteiger partial charge < -0.3 is 5.11 Å². The standard InChI is InChI=1S/C15H20O2/c16-15(17)14-8-4-7-13(11-14)10-9-12-5-2-1-3-6-12/h1-3,5-6,13-14H,4,7-11H2,(H,16,17). The summed E-state index contributed by atoms with van der Waals surface area (Å²) in [6.07, 6.45) is 6.25. The van der Waals surface area contributed by atoms with E-state index in [1.54, 1.807) is 0 Å². The van der Waals surface area contributed by atoms with E-state index in [0.29, 0.717) is 5.92 Å². The minimum atomic E-state index is -0.602. The quantitative estimate of drug-likeness (QED) is 0.862. The Morgan fingerprint density at radius 3 is 2.71 bits per heavy atom. The number of hydrogen-bond acceptors (Lipinski definition) is 1. The van der Waals surface area contributed by atoms with Gasteiger partial charge in [0.2, 0.25) is 0 Å². The van der Waals surface area contributed by atoms with Crippen molar-refractivity contribution in [1.82, 2.24) is 0 Å². The summed E-state index contributed by atoms with van der Waals surface area (Å²) in [6, 6.07) is 10.5. The molecule has 92 valence electrons. The SMILES string of the molecule is O=C(O)C1CCCC(CCc2ccccc2)C1. The number of carbonyl (C=O) groups is 1. The molecule has 0 radical (unpaired) electrons. The Kier molecular flexibility index (Phi) is 4.18. The van der Waals surface area contributed by atoms with Crippen LogP contribution in [0.1, 0.15) is 37.7 Å². The fraction of sp³-hybridized carbons (Fsp3) is 0.533. The maximum Gasteiger partial charge on any atom is 0.306 e. The molecule has 2 atom stereocenters. The molecule has 0 spiro atoms. The van der Waals surface area contributed by atoms with E-state index in [1.165, 1.54) is 12.0 Å². The molecule has 0 aliphatic heterocycles. The molecule has 0 amide bonds. The topological polar surface area (TPSA) is 37.3 Å². The molecule has 0 heterocycles. The van der Waals surface area contributed by atoms with Crippen molar-refractivity contribution in [2.24, 2.45) is 11.8 Å². The minimum absolute atomic E-state index is 0.0930. The normalized spacial score (nSPS) is 24.5. The van der Waals surface area contributed by atoms with Gasteiger partial charge in [-0.05, 0) is 37.2 Å². The number of rotatable bonds is 4. The van der Waals surface area contributed by atoms with Gasteiger partial charge in [0.15, 0.2) is 0 Å². The van der Waals surface area contributed by atoms with E-state index in [9.17, 15) is 4.79 Å². The van der Waals surface area contributed by atoms with Gasteiger partial charge in [-0.15, -0.1) is 0 Å². The third-order valence-electron chi connectivity index (χ3n) is 3.82. The Labute approximate surface area is 103 Å². The van der Waals surface area contributed by atoms with Gasteiger partial charge in [-0.2, -0.15) is 0 Å². The van der Waals surface area contributed by atoms with Crippen LogP contribution in [0.3, 0.4) is 0 Å². The highest BCUT2D eigenvalue weighted by Gasteiger charge is 2.26. The molecule has 0 aromatic heterocycles. The molecule has 1 saturated carbocycles. The fourth-order valence-corrected chi connectivity index (χ4v) is 2.79. The summed E-state index contributed by atoms with van der Waals surface area (Å²) in [4.78, 5) is 11.0. The number of carboxylic acids is 1. The average molecular weight is 232 g/mol. The van der Waals surface area contributed by atoms with Gasteiger partial charge in [0.1, 0.15) is 0 Å². The van der Waals surface area contributed by atoms with Gasteiger partial charge in [0.05, 0.1) is 5.92 Å². The molecule has 2 nitrogen and oxygen atoms in total. The van der Waals surface area contributed by atoms with Gasteiger partial charge in [0.25, 0.3) is 0 Å². The molecule has 1 aromatic rings. The van der Waals surface area contributed by atoms with Gasteiger partial charge in [0, 0.05) is 0 Å². The number of hydrogen-bond donors (Lipinski definition) is 1. The van der Waals surface area contributed by atoms with Crippen LogP contribution in [0.2, 0.25) is 0 Å². The van der Waals surface area contributed by atoms with Crippen LogP contribution < -0.4 is 0 Å². The zero-order chi connectivity index (χ0) is 12.1. The monoisotopic (exact) mass is 232 g/mol. The predicted molar refractivity (Wildman–Crippen MR) is 67.8 cm³/mol. The molecule has 2 rings (SSSR count). The van der Waals surface area contributed by atoms with Crippen LogP contribution in [0, 0.1) is 11.8 Å². The molecule has 1 aromatic carbocycles. The van der Waals surface area contributed by atoms with Crippen LogP contribution in [-0.2, 0) is 11.2 Å². The first-order valence-corrected chi connectivity index (χ1v) is 6.52. The maximum absolute atomic E-state index is 11.0. The Bertz CT molecular complexity index is 358. The van der Waals surface area contributed by atoms with Crippen molar-refractivity contribution >= 4 is 5.97 Å². The van der Waals surface area contributed by atoms with Crippen molar-refractivity contribution in [2.75, 3.05) is 0 Å². The minimum Gasteiger partial charge on any atom is -0.481 e. The Hall–Kier alpha value is -1.31. The summed E-state index contributed by atoms with van der Waals surface area (Å²) in [5.74, 6) is -0.0935. The smallest absolute Gasteiger partial charge is 0.306 e. The average Bonchev–Trinajstić information content (AvgIpc) is 2.38. The number of carboxylic acid groups (broad SMARTS) is 1. The first-order chi connectivity index (χ1) is 8.25. The lowest BCUT2D eigenvalue weighted by Crippen LogP contribution is -2.22. The van der Waals surface area contributed by atoms with Crippen molar-refractivity contribution < 1.29 is 9.90 Å². The van der Waals surface area contributed by atoms with Gasteiger partial charge in [-0.25, -0.2) is 0 Å². The summed E-state index contributed by atoms with van der Waals surface area (Å²) in [6.45, 7) is 0. The molecule has 2 unspecified atom stereocenters. The zero-order valence-electron chi connectivity index (χ0n) is 10.1. The van der Waals surface area contributed by atoms with Crippen LogP contribution in [0.5, 0.6) is 0 Å². The molecular weight excluding hydrogens is 212 g/mol. The van der Waals surface area contributed by atoms with Gasteiger partial charge >= 0.3 is 5.97 Å². The first-order valence-electron chi connectivity index (χ1n) is 6.52. The predicted octanol–water partition coefficient (Wildman–Crippen LogP) is 3.51. The third-order valence-corrected chi connectivity index (χ3v) is 3.82. The van der Waals surface area contributed by atoms with E-state index < -0.39 is 5.97 Å². The van der Waals surface area contributed by atoms with E-state index in [4.69, 9.17) is 5.11 Å². The molecule has 17 heavy (non-hydrogen) atoms. The number of aliphatic carboxylic acids is 1. The van der Waals surface area contributed by atoms with Gasteiger partial charge in [-0.1, -0.05) is 43.2 Å². The lowest BCUT2D eigenvalue weighted by Gasteiger charge is -2.26. The van der Waals surface area contributed by atoms with E-state index in [1.807, 2.05) is 6.07 Å². The maximum atomic E-state index is 11.0. The van der Waals surface area contributed by atoms with Crippen molar-refractivity contribution in [3.05, 3.63) is 35.9 Å². The molecule has 1 aliphatic carbocycles. The van der Waals surface area contributed by atoms with E-state index in [0.717, 1.165) is 32.1 Å². The first kappa shape index (κ1) is 12.2. The highest BCUT2D eigenvalue weighted by molar-refractivity contribution is 5.70. The summed E-state index contributed by atoms with van der Waals surface area (Å²) < 4.78 is 0. The number of benzene rings is 1. The van der Waals surface area contributed by atoms with Crippen molar-refractivity contribution in [3.8, 4) is 0 Å². The molecule has 2 heteroatoms. The molecule has 1 fully saturated rings. The van der Waals surface area contributed by atoms with Crippen LogP contribution >= 0.6 is 0 Å². The molecule has 0 bridgehead atoms. The summed E-state index contributed by atoms with van der Waals surface area (Å²) in [5.41, 5.74) is 1.37. The lowest BCUT2D eigenvalue weighted by molar-refractivity contribution is -0.143. The molecule has 0 saturated heterocycles. The highest BCUT2D eigenvalue weighted by Crippen LogP contribution is 2.32. The second-order valence-electron chi connectivity index (χ2n) is 5.09. The Morgan fingerprint density at radius 2 is 2.00 bits per heavy atom. The highest BCUT2D eigenvalue weighted by atomic mass is 16.4. The number of aryl methyl sites for hydroxylation is 1. The van der Waals surface area contributed by atoms with Crippen molar-refractivity contribution in [2.45, 2.75) is 38.5 Å². The molecular formula is C15H20O2. The fourth-order valence-electron chi connectivity index (χ4n) is 2.79. The summed E-state index contributed by atoms with van der Waals surface area (Å²) in [7, 11) is 0. The van der Waals surface area contributed by atoms with Crippen LogP contribution in [-0.4, -0.2) is 11.1 Å². The Balaban J connectivity index is 1.81. The van der Waals surface area contributed by atoms with E-state index in [-0.39, 0.29) is 5.92 Å². The lowest BCUT2D eigenvalue weighted by atomic mass is 9.79. The third kappa shape index (κ3) is 3.58. The Morgan fingerprint density at radius 1 is 1.24 bits per heavy atom. The van der Waals surface area contributed by atoms with Gasteiger partial charge in [-0.3, -0.25) is 4.79 Å². The summed E-state index contributed by atoms with van der Waals surface area (Å²) in [5, 5.41) is 9.04. The molecule has 1 aliphatic rings. The summed E-state index contributed by atoms with van der Waals surface area (Å²) >= 11 is 0. The second kappa shape index (κ2) is 5.85. The zero-order valence-corrected chi connectivity index (χ0v) is 10.1. The largest absolute Gasteiger partial charge is 0.481 e. The van der Waals surface area contributed by atoms with E-state index in [2.05, 4.69) is 24.3 Å². The molecule has 1 N–H and O–H groups in total.